The second-order valence-corrected chi connectivity index (χ2v) is 5.27. The molecule has 4 heteroatoms. The van der Waals surface area contributed by atoms with Crippen LogP contribution in [0, 0.1) is 0 Å². The Balaban J connectivity index is 0. The molecule has 0 spiro atoms. The predicted octanol–water partition coefficient (Wildman–Crippen LogP) is 3.74. The van der Waals surface area contributed by atoms with Crippen LogP contribution in [0.2, 0.25) is 0 Å². The van der Waals surface area contributed by atoms with Crippen LogP contribution in [-0.2, 0) is 4.79 Å². The summed E-state index contributed by atoms with van der Waals surface area (Å²) in [5.74, 6) is -1.19. The maximum absolute atomic E-state index is 9.45. The average Bonchev–Trinajstić information content (AvgIpc) is 2.41. The smallest absolute Gasteiger partial charge is 0.332 e. The molecule has 20 heavy (non-hydrogen) atoms. The molecular formula is C16H34O4. The number of aliphatic hydroxyl groups excluding tert-OH is 2. The topological polar surface area (TPSA) is 77.8 Å². The second-order valence-electron chi connectivity index (χ2n) is 5.27. The molecule has 3 N–H and O–H groups in total. The van der Waals surface area contributed by atoms with Crippen LogP contribution in [0.25, 0.3) is 0 Å². The quantitative estimate of drug-likeness (QED) is 0.478. The van der Waals surface area contributed by atoms with Crippen molar-refractivity contribution in [2.75, 3.05) is 6.61 Å². The van der Waals surface area contributed by atoms with Crippen LogP contribution in [0.3, 0.4) is 0 Å². The summed E-state index contributed by atoms with van der Waals surface area (Å²) in [6.45, 7) is 3.83. The van der Waals surface area contributed by atoms with Crippen molar-refractivity contribution in [3.8, 4) is 0 Å². The Morgan fingerprint density at radius 3 is 1.40 bits per heavy atom. The summed E-state index contributed by atoms with van der Waals surface area (Å²) < 4.78 is 0. The van der Waals surface area contributed by atoms with Gasteiger partial charge >= 0.3 is 5.97 Å². The number of carboxylic acid groups (broad SMARTS) is 1. The monoisotopic (exact) mass is 290 g/mol. The first-order chi connectivity index (χ1) is 9.56. The van der Waals surface area contributed by atoms with Crippen molar-refractivity contribution in [2.45, 2.75) is 90.6 Å². The van der Waals surface area contributed by atoms with Gasteiger partial charge in [0.05, 0.1) is 0 Å². The van der Waals surface area contributed by atoms with Crippen molar-refractivity contribution in [1.82, 2.24) is 0 Å². The van der Waals surface area contributed by atoms with Gasteiger partial charge in [0.1, 0.15) is 6.10 Å². The highest BCUT2D eigenvalue weighted by atomic mass is 16.4. The molecule has 0 heterocycles. The minimum Gasteiger partial charge on any atom is -0.479 e. The molecule has 0 rings (SSSR count). The van der Waals surface area contributed by atoms with Crippen LogP contribution < -0.4 is 0 Å². The first-order valence-corrected chi connectivity index (χ1v) is 8.08. The van der Waals surface area contributed by atoms with Gasteiger partial charge in [-0.15, -0.1) is 0 Å². The lowest BCUT2D eigenvalue weighted by Crippen LogP contribution is -2.13. The summed E-state index contributed by atoms with van der Waals surface area (Å²) >= 11 is 0. The largest absolute Gasteiger partial charge is 0.479 e. The summed E-state index contributed by atoms with van der Waals surface area (Å²) in [6, 6.07) is 0. The van der Waals surface area contributed by atoms with Gasteiger partial charge in [0.2, 0.25) is 0 Å². The van der Waals surface area contributed by atoms with E-state index in [1.165, 1.54) is 71.1 Å². The first-order valence-electron chi connectivity index (χ1n) is 8.08. The lowest BCUT2D eigenvalue weighted by atomic mass is 10.1. The van der Waals surface area contributed by atoms with E-state index >= 15 is 0 Å². The molecule has 0 aliphatic rings. The van der Waals surface area contributed by atoms with Gasteiger partial charge in [0.15, 0.2) is 0 Å². The molecule has 0 aliphatic carbocycles. The Labute approximate surface area is 124 Å². The van der Waals surface area contributed by atoms with Crippen molar-refractivity contribution in [3.05, 3.63) is 0 Å². The van der Waals surface area contributed by atoms with Gasteiger partial charge in [0.25, 0.3) is 0 Å². The predicted molar refractivity (Wildman–Crippen MR) is 82.9 cm³/mol. The van der Waals surface area contributed by atoms with E-state index in [9.17, 15) is 4.79 Å². The van der Waals surface area contributed by atoms with E-state index in [1.54, 1.807) is 0 Å². The van der Waals surface area contributed by atoms with E-state index in [0.717, 1.165) is 6.42 Å². The van der Waals surface area contributed by atoms with Gasteiger partial charge in [-0.3, -0.25) is 0 Å². The fourth-order valence-corrected chi connectivity index (χ4v) is 1.78. The fraction of sp³-hybridized carbons (Fsp3) is 0.938. The number of aliphatic hydroxyl groups is 2. The highest BCUT2D eigenvalue weighted by molar-refractivity contribution is 5.71. The van der Waals surface area contributed by atoms with E-state index in [4.69, 9.17) is 15.3 Å². The highest BCUT2D eigenvalue weighted by Crippen LogP contribution is 2.10. The minimum absolute atomic E-state index is 0.372. The third kappa shape index (κ3) is 22.6. The van der Waals surface area contributed by atoms with Crippen molar-refractivity contribution in [3.63, 3.8) is 0 Å². The van der Waals surface area contributed by atoms with Gasteiger partial charge < -0.3 is 15.3 Å². The van der Waals surface area contributed by atoms with Gasteiger partial charge in [-0.2, -0.15) is 0 Å². The molecule has 0 saturated heterocycles. The summed E-state index contributed by atoms with van der Waals surface area (Å²) in [5.41, 5.74) is 0. The molecule has 0 fully saturated rings. The SMILES string of the molecule is CC(O)C(=O)O.CCCCCCCCCCCCCO. The zero-order chi connectivity index (χ0) is 15.6. The summed E-state index contributed by atoms with van der Waals surface area (Å²) in [7, 11) is 0. The van der Waals surface area contributed by atoms with Crippen LogP contribution in [0.4, 0.5) is 0 Å². The van der Waals surface area contributed by atoms with E-state index in [-0.39, 0.29) is 0 Å². The Morgan fingerprint density at radius 1 is 0.850 bits per heavy atom. The average molecular weight is 290 g/mol. The number of carbonyl (C=O) groups is 1. The molecule has 0 aliphatic heterocycles. The molecular weight excluding hydrogens is 256 g/mol. The van der Waals surface area contributed by atoms with Crippen LogP contribution in [-0.4, -0.2) is 34.0 Å². The molecule has 4 nitrogen and oxygen atoms in total. The van der Waals surface area contributed by atoms with Crippen LogP contribution >= 0.6 is 0 Å². The van der Waals surface area contributed by atoms with E-state index in [0.29, 0.717) is 6.61 Å². The first kappa shape index (κ1) is 21.7. The third-order valence-corrected chi connectivity index (χ3v) is 3.12. The Kier molecular flexibility index (Phi) is 19.9. The standard InChI is InChI=1S/C13H28O.C3H6O3/c1-2-3-4-5-6-7-8-9-10-11-12-13-14;1-2(4)3(5)6/h14H,2-13H2,1H3;2,4H,1H3,(H,5,6). The number of hydrogen-bond donors (Lipinski definition) is 3. The Hall–Kier alpha value is -0.610. The third-order valence-electron chi connectivity index (χ3n) is 3.12. The van der Waals surface area contributed by atoms with Crippen molar-refractivity contribution in [1.29, 1.82) is 0 Å². The minimum atomic E-state index is -1.23. The maximum Gasteiger partial charge on any atom is 0.332 e. The zero-order valence-electron chi connectivity index (χ0n) is 13.3. The molecule has 1 unspecified atom stereocenters. The van der Waals surface area contributed by atoms with Crippen LogP contribution in [0.5, 0.6) is 0 Å². The van der Waals surface area contributed by atoms with Crippen LogP contribution in [0.15, 0.2) is 0 Å². The molecule has 122 valence electrons. The fourth-order valence-electron chi connectivity index (χ4n) is 1.78. The Morgan fingerprint density at radius 2 is 1.15 bits per heavy atom. The molecule has 0 amide bonds. The van der Waals surface area contributed by atoms with Crippen molar-refractivity contribution in [2.24, 2.45) is 0 Å². The molecule has 0 radical (unpaired) electrons. The molecule has 1 atom stereocenters. The normalized spacial score (nSPS) is 11.6. The number of rotatable bonds is 12. The van der Waals surface area contributed by atoms with Crippen molar-refractivity contribution >= 4 is 5.97 Å². The number of hydrogen-bond acceptors (Lipinski definition) is 3. The van der Waals surface area contributed by atoms with Gasteiger partial charge in [0, 0.05) is 6.61 Å². The van der Waals surface area contributed by atoms with Crippen molar-refractivity contribution < 1.29 is 20.1 Å². The lowest BCUT2D eigenvalue weighted by molar-refractivity contribution is -0.145. The van der Waals surface area contributed by atoms with Gasteiger partial charge in [-0.05, 0) is 13.3 Å². The molecule has 0 aromatic carbocycles. The summed E-state index contributed by atoms with van der Waals surface area (Å²) in [4.78, 5) is 9.45. The van der Waals surface area contributed by atoms with E-state index in [2.05, 4.69) is 6.92 Å². The van der Waals surface area contributed by atoms with Crippen LogP contribution in [0.1, 0.15) is 84.5 Å². The number of carboxylic acids is 1. The molecule has 0 aromatic heterocycles. The lowest BCUT2D eigenvalue weighted by Gasteiger charge is -2.01. The van der Waals surface area contributed by atoms with E-state index < -0.39 is 12.1 Å². The molecule has 0 bridgehead atoms. The number of aliphatic carboxylic acids is 1. The van der Waals surface area contributed by atoms with Gasteiger partial charge in [-0.25, -0.2) is 4.79 Å². The molecule has 0 saturated carbocycles. The highest BCUT2D eigenvalue weighted by Gasteiger charge is 2.01. The maximum atomic E-state index is 9.45. The van der Waals surface area contributed by atoms with E-state index in [1.807, 2.05) is 0 Å². The summed E-state index contributed by atoms with van der Waals surface area (Å²) in [5, 5.41) is 24.4. The number of unbranched alkanes of at least 4 members (excludes halogenated alkanes) is 10. The van der Waals surface area contributed by atoms with Gasteiger partial charge in [-0.1, -0.05) is 71.1 Å². The summed E-state index contributed by atoms with van der Waals surface area (Å²) in [6.07, 6.45) is 13.5. The second kappa shape index (κ2) is 18.4. The zero-order valence-corrected chi connectivity index (χ0v) is 13.3. The Bertz CT molecular complexity index is 181. The molecule has 0 aromatic rings.